The van der Waals surface area contributed by atoms with Crippen LogP contribution in [0.5, 0.6) is 0 Å². The normalized spacial score (nSPS) is 23.6. The van der Waals surface area contributed by atoms with Crippen LogP contribution >= 0.6 is 27.5 Å². The number of halogens is 2. The van der Waals surface area contributed by atoms with E-state index in [1.54, 1.807) is 0 Å². The van der Waals surface area contributed by atoms with E-state index in [9.17, 15) is 8.42 Å². The number of nitrogens with one attached hydrogen (secondary N) is 1. The molecule has 0 spiro atoms. The van der Waals surface area contributed by atoms with Crippen LogP contribution in [0.15, 0.2) is 16.6 Å². The third kappa shape index (κ3) is 3.89. The molecule has 0 aliphatic heterocycles. The Kier molecular flexibility index (Phi) is 5.03. The fourth-order valence-electron chi connectivity index (χ4n) is 2.64. The van der Waals surface area contributed by atoms with E-state index in [1.807, 2.05) is 19.1 Å². The van der Waals surface area contributed by atoms with E-state index in [4.69, 9.17) is 11.6 Å². The van der Waals surface area contributed by atoms with Crippen molar-refractivity contribution in [1.29, 1.82) is 0 Å². The Labute approximate surface area is 134 Å². The topological polar surface area (TPSA) is 46.2 Å². The molecule has 1 aromatic carbocycles. The first-order chi connectivity index (χ1) is 9.27. The molecule has 1 aliphatic carbocycles. The first-order valence-electron chi connectivity index (χ1n) is 6.68. The zero-order valence-electron chi connectivity index (χ0n) is 11.6. The molecule has 2 rings (SSSR count). The minimum absolute atomic E-state index is 0.179. The monoisotopic (exact) mass is 379 g/mol. The molecule has 1 fully saturated rings. The smallest absolute Gasteiger partial charge is 0.150 e. The molecule has 0 radical (unpaired) electrons. The molecule has 0 saturated heterocycles. The van der Waals surface area contributed by atoms with Crippen LogP contribution < -0.4 is 5.32 Å². The average Bonchev–Trinajstić information content (AvgIpc) is 2.35. The predicted molar refractivity (Wildman–Crippen MR) is 88.4 cm³/mol. The second-order valence-corrected chi connectivity index (χ2v) is 9.13. The lowest BCUT2D eigenvalue weighted by Gasteiger charge is -2.29. The molecule has 0 bridgehead atoms. The van der Waals surface area contributed by atoms with Crippen molar-refractivity contribution in [1.82, 2.24) is 0 Å². The molecule has 1 saturated carbocycles. The van der Waals surface area contributed by atoms with Gasteiger partial charge in [0.25, 0.3) is 0 Å². The summed E-state index contributed by atoms with van der Waals surface area (Å²) < 4.78 is 24.3. The summed E-state index contributed by atoms with van der Waals surface area (Å²) in [6, 6.07) is 4.05. The van der Waals surface area contributed by atoms with E-state index < -0.39 is 9.84 Å². The largest absolute Gasteiger partial charge is 0.381 e. The minimum Gasteiger partial charge on any atom is -0.381 e. The highest BCUT2D eigenvalue weighted by Gasteiger charge is 2.29. The average molecular weight is 381 g/mol. The highest BCUT2D eigenvalue weighted by atomic mass is 79.9. The Balaban J connectivity index is 2.12. The van der Waals surface area contributed by atoms with Gasteiger partial charge in [-0.25, -0.2) is 8.42 Å². The number of rotatable bonds is 3. The van der Waals surface area contributed by atoms with Gasteiger partial charge in [-0.1, -0.05) is 18.0 Å². The fraction of sp³-hybridized carbons (Fsp3) is 0.571. The minimum atomic E-state index is -2.95. The highest BCUT2D eigenvalue weighted by Crippen LogP contribution is 2.32. The van der Waals surface area contributed by atoms with Gasteiger partial charge in [0, 0.05) is 21.8 Å². The standard InChI is InChI=1S/C14H19BrClNO2S/c1-9-6-12(15)14(8-13(9)16)17-10-4-3-5-11(7-10)20(2,18)19/h6,8,10-11,17H,3-5,7H2,1-2H3. The third-order valence-electron chi connectivity index (χ3n) is 3.84. The first-order valence-corrected chi connectivity index (χ1v) is 9.81. The second-order valence-electron chi connectivity index (χ2n) is 5.54. The lowest BCUT2D eigenvalue weighted by Crippen LogP contribution is -2.34. The molecule has 0 heterocycles. The molecule has 1 aliphatic rings. The SMILES string of the molecule is Cc1cc(Br)c(NC2CCCC(S(C)(=O)=O)C2)cc1Cl. The molecular formula is C14H19BrClNO2S. The molecule has 0 aromatic heterocycles. The Morgan fingerprint density at radius 1 is 1.35 bits per heavy atom. The van der Waals surface area contributed by atoms with Crippen LogP contribution in [0.25, 0.3) is 0 Å². The van der Waals surface area contributed by atoms with Gasteiger partial charge >= 0.3 is 0 Å². The van der Waals surface area contributed by atoms with Crippen molar-refractivity contribution < 1.29 is 8.42 Å². The molecule has 1 N–H and O–H groups in total. The summed E-state index contributed by atoms with van der Waals surface area (Å²) in [7, 11) is -2.95. The van der Waals surface area contributed by atoms with Crippen molar-refractivity contribution in [3.8, 4) is 0 Å². The van der Waals surface area contributed by atoms with Gasteiger partial charge < -0.3 is 5.32 Å². The van der Waals surface area contributed by atoms with Crippen molar-refractivity contribution in [3.63, 3.8) is 0 Å². The summed E-state index contributed by atoms with van der Waals surface area (Å²) in [6.07, 6.45) is 4.69. The summed E-state index contributed by atoms with van der Waals surface area (Å²) in [6.45, 7) is 1.96. The second kappa shape index (κ2) is 6.24. The summed E-state index contributed by atoms with van der Waals surface area (Å²) in [5, 5.41) is 3.91. The van der Waals surface area contributed by atoms with Crippen molar-refractivity contribution in [3.05, 3.63) is 27.2 Å². The molecule has 20 heavy (non-hydrogen) atoms. The molecule has 3 nitrogen and oxygen atoms in total. The van der Waals surface area contributed by atoms with Gasteiger partial charge in [-0.15, -0.1) is 0 Å². The van der Waals surface area contributed by atoms with Crippen LogP contribution in [0, 0.1) is 6.92 Å². The zero-order chi connectivity index (χ0) is 14.9. The van der Waals surface area contributed by atoms with E-state index in [1.165, 1.54) is 6.26 Å². The summed E-state index contributed by atoms with van der Waals surface area (Å²) in [4.78, 5) is 0. The van der Waals surface area contributed by atoms with Gasteiger partial charge in [-0.05, 0) is 59.8 Å². The van der Waals surface area contributed by atoms with Gasteiger partial charge in [-0.2, -0.15) is 0 Å². The van der Waals surface area contributed by atoms with Crippen LogP contribution in [0.3, 0.4) is 0 Å². The Morgan fingerprint density at radius 2 is 2.05 bits per heavy atom. The first kappa shape index (κ1) is 16.1. The van der Waals surface area contributed by atoms with Gasteiger partial charge in [0.2, 0.25) is 0 Å². The van der Waals surface area contributed by atoms with E-state index in [0.29, 0.717) is 11.4 Å². The van der Waals surface area contributed by atoms with Gasteiger partial charge in [0.1, 0.15) is 9.84 Å². The summed E-state index contributed by atoms with van der Waals surface area (Å²) in [5.41, 5.74) is 1.95. The van der Waals surface area contributed by atoms with Crippen molar-refractivity contribution in [2.45, 2.75) is 43.9 Å². The van der Waals surface area contributed by atoms with Crippen LogP contribution in [0.4, 0.5) is 5.69 Å². The maximum atomic E-state index is 11.7. The van der Waals surface area contributed by atoms with Gasteiger partial charge in [-0.3, -0.25) is 0 Å². The molecule has 112 valence electrons. The number of sulfone groups is 1. The number of aryl methyl sites for hydroxylation is 1. The third-order valence-corrected chi connectivity index (χ3v) is 6.54. The molecule has 2 atom stereocenters. The summed E-state index contributed by atoms with van der Waals surface area (Å²) >= 11 is 9.67. The maximum absolute atomic E-state index is 11.7. The van der Waals surface area contributed by atoms with Crippen molar-refractivity contribution in [2.75, 3.05) is 11.6 Å². The summed E-state index contributed by atoms with van der Waals surface area (Å²) in [5.74, 6) is 0. The highest BCUT2D eigenvalue weighted by molar-refractivity contribution is 9.10. The van der Waals surface area contributed by atoms with Crippen LogP contribution in [-0.4, -0.2) is 26.0 Å². The molecule has 2 unspecified atom stereocenters. The lowest BCUT2D eigenvalue weighted by atomic mass is 9.94. The van der Waals surface area contributed by atoms with E-state index in [2.05, 4.69) is 21.2 Å². The van der Waals surface area contributed by atoms with E-state index in [0.717, 1.165) is 35.0 Å². The molecule has 6 heteroatoms. The zero-order valence-corrected chi connectivity index (χ0v) is 14.8. The number of hydrogen-bond acceptors (Lipinski definition) is 3. The molecular weight excluding hydrogens is 362 g/mol. The maximum Gasteiger partial charge on any atom is 0.150 e. The Bertz CT molecular complexity index is 603. The lowest BCUT2D eigenvalue weighted by molar-refractivity contribution is 0.453. The number of hydrogen-bond donors (Lipinski definition) is 1. The van der Waals surface area contributed by atoms with Crippen molar-refractivity contribution >= 4 is 43.1 Å². The van der Waals surface area contributed by atoms with Gasteiger partial charge in [0.05, 0.1) is 10.9 Å². The molecule has 1 aromatic rings. The Hall–Kier alpha value is -0.260. The van der Waals surface area contributed by atoms with E-state index in [-0.39, 0.29) is 11.3 Å². The van der Waals surface area contributed by atoms with Crippen molar-refractivity contribution in [2.24, 2.45) is 0 Å². The number of anilines is 1. The Morgan fingerprint density at radius 3 is 2.70 bits per heavy atom. The van der Waals surface area contributed by atoms with E-state index >= 15 is 0 Å². The van der Waals surface area contributed by atoms with Gasteiger partial charge in [0.15, 0.2) is 0 Å². The van der Waals surface area contributed by atoms with Crippen LogP contribution in [0.1, 0.15) is 31.2 Å². The quantitative estimate of drug-likeness (QED) is 0.855. The van der Waals surface area contributed by atoms with Crippen LogP contribution in [-0.2, 0) is 9.84 Å². The van der Waals surface area contributed by atoms with Crippen LogP contribution in [0.2, 0.25) is 5.02 Å². The fourth-order valence-corrected chi connectivity index (χ4v) is 4.55. The predicted octanol–water partition coefficient (Wildman–Crippen LogP) is 4.18. The number of benzene rings is 1. The molecule has 0 amide bonds.